The van der Waals surface area contributed by atoms with E-state index in [9.17, 15) is 9.59 Å². The zero-order valence-electron chi connectivity index (χ0n) is 11.3. The minimum absolute atomic E-state index is 0.0960. The molecule has 4 nitrogen and oxygen atoms in total. The molecule has 1 rings (SSSR count). The third-order valence-electron chi connectivity index (χ3n) is 2.79. The molecule has 110 valence electrons. The van der Waals surface area contributed by atoms with Crippen LogP contribution in [0.1, 0.15) is 30.6 Å². The van der Waals surface area contributed by atoms with Crippen molar-refractivity contribution < 1.29 is 14.7 Å². The quantitative estimate of drug-likeness (QED) is 0.813. The molecule has 0 fully saturated rings. The number of hydrogen-bond donors (Lipinski definition) is 2. The Morgan fingerprint density at radius 3 is 2.55 bits per heavy atom. The number of carbonyl (C=O) groups is 2. The molecule has 20 heavy (non-hydrogen) atoms. The Hall–Kier alpha value is -1.07. The lowest BCUT2D eigenvalue weighted by Crippen LogP contribution is -2.33. The number of benzene rings is 1. The van der Waals surface area contributed by atoms with Crippen molar-refractivity contribution in [2.45, 2.75) is 20.3 Å². The highest BCUT2D eigenvalue weighted by molar-refractivity contribution is 9.10. The molecule has 6 heteroatoms. The maximum absolute atomic E-state index is 12.0. The van der Waals surface area contributed by atoms with Gasteiger partial charge in [0.25, 0.3) is 5.91 Å². The Bertz CT molecular complexity index is 505. The van der Waals surface area contributed by atoms with Gasteiger partial charge in [0.15, 0.2) is 0 Å². The molecule has 0 aromatic heterocycles. The molecule has 2 N–H and O–H groups in total. The molecule has 1 atom stereocenters. The van der Waals surface area contributed by atoms with Gasteiger partial charge in [-0.3, -0.25) is 9.59 Å². The summed E-state index contributed by atoms with van der Waals surface area (Å²) >= 11 is 9.24. The van der Waals surface area contributed by atoms with E-state index in [1.807, 2.05) is 13.8 Å². The van der Waals surface area contributed by atoms with Crippen LogP contribution in [0.2, 0.25) is 5.02 Å². The fourth-order valence-electron chi connectivity index (χ4n) is 1.83. The Labute approximate surface area is 131 Å². The highest BCUT2D eigenvalue weighted by Crippen LogP contribution is 2.21. The second kappa shape index (κ2) is 7.64. The normalized spacial score (nSPS) is 12.2. The van der Waals surface area contributed by atoms with Crippen molar-refractivity contribution in [2.75, 3.05) is 6.54 Å². The Balaban J connectivity index is 2.68. The van der Waals surface area contributed by atoms with E-state index >= 15 is 0 Å². The third kappa shape index (κ3) is 5.13. The van der Waals surface area contributed by atoms with Crippen molar-refractivity contribution >= 4 is 39.4 Å². The first-order valence-corrected chi connectivity index (χ1v) is 7.44. The fourth-order valence-corrected chi connectivity index (χ4v) is 2.58. The maximum Gasteiger partial charge on any atom is 0.308 e. The summed E-state index contributed by atoms with van der Waals surface area (Å²) in [6, 6.07) is 4.93. The van der Waals surface area contributed by atoms with Gasteiger partial charge in [0.05, 0.1) is 16.5 Å². The van der Waals surface area contributed by atoms with Crippen LogP contribution < -0.4 is 5.32 Å². The SMILES string of the molecule is CC(C)CC(CNC(=O)c1ccc(Br)cc1Cl)C(=O)O. The van der Waals surface area contributed by atoms with E-state index in [1.54, 1.807) is 18.2 Å². The second-order valence-electron chi connectivity index (χ2n) is 5.00. The first-order chi connectivity index (χ1) is 9.31. The molecule has 0 saturated carbocycles. The van der Waals surface area contributed by atoms with Crippen LogP contribution in [0.15, 0.2) is 22.7 Å². The van der Waals surface area contributed by atoms with Crippen LogP contribution in [-0.2, 0) is 4.79 Å². The number of carboxylic acids is 1. The van der Waals surface area contributed by atoms with Crippen LogP contribution in [0.4, 0.5) is 0 Å². The maximum atomic E-state index is 12.0. The predicted molar refractivity (Wildman–Crippen MR) is 82.1 cm³/mol. The summed E-state index contributed by atoms with van der Waals surface area (Å²) in [6.07, 6.45) is 0.518. The number of carboxylic acid groups (broad SMARTS) is 1. The molecule has 1 amide bonds. The van der Waals surface area contributed by atoms with Crippen molar-refractivity contribution in [1.29, 1.82) is 0 Å². The first kappa shape index (κ1) is 17.0. The van der Waals surface area contributed by atoms with Gasteiger partial charge in [-0.25, -0.2) is 0 Å². The van der Waals surface area contributed by atoms with E-state index < -0.39 is 11.9 Å². The zero-order valence-corrected chi connectivity index (χ0v) is 13.7. The number of halogens is 2. The van der Waals surface area contributed by atoms with Gasteiger partial charge < -0.3 is 10.4 Å². The number of amides is 1. The molecule has 0 aliphatic carbocycles. The summed E-state index contributed by atoms with van der Waals surface area (Å²) in [5, 5.41) is 12.1. The number of nitrogens with one attached hydrogen (secondary N) is 1. The van der Waals surface area contributed by atoms with Gasteiger partial charge in [-0.2, -0.15) is 0 Å². The molecule has 0 radical (unpaired) electrons. The summed E-state index contributed by atoms with van der Waals surface area (Å²) in [6.45, 7) is 3.99. The summed E-state index contributed by atoms with van der Waals surface area (Å²) in [4.78, 5) is 23.1. The molecule has 0 spiro atoms. The topological polar surface area (TPSA) is 66.4 Å². The van der Waals surface area contributed by atoms with Crippen molar-refractivity contribution in [1.82, 2.24) is 5.32 Å². The van der Waals surface area contributed by atoms with E-state index in [-0.39, 0.29) is 18.4 Å². The summed E-state index contributed by atoms with van der Waals surface area (Å²) in [5.41, 5.74) is 0.337. The van der Waals surface area contributed by atoms with Gasteiger partial charge in [0, 0.05) is 11.0 Å². The van der Waals surface area contributed by atoms with Crippen molar-refractivity contribution in [3.05, 3.63) is 33.3 Å². The van der Waals surface area contributed by atoms with Crippen molar-refractivity contribution in [3.8, 4) is 0 Å². The lowest BCUT2D eigenvalue weighted by atomic mass is 9.97. The van der Waals surface area contributed by atoms with E-state index in [2.05, 4.69) is 21.2 Å². The van der Waals surface area contributed by atoms with Gasteiger partial charge >= 0.3 is 5.97 Å². The molecule has 1 aromatic rings. The van der Waals surface area contributed by atoms with Crippen LogP contribution >= 0.6 is 27.5 Å². The molecule has 0 saturated heterocycles. The lowest BCUT2D eigenvalue weighted by Gasteiger charge is -2.15. The Morgan fingerprint density at radius 1 is 1.40 bits per heavy atom. The number of carbonyl (C=O) groups excluding carboxylic acids is 1. The summed E-state index contributed by atoms with van der Waals surface area (Å²) in [7, 11) is 0. The van der Waals surface area contributed by atoms with Gasteiger partial charge in [-0.15, -0.1) is 0 Å². The molecule has 1 unspecified atom stereocenters. The van der Waals surface area contributed by atoms with E-state index in [0.29, 0.717) is 17.0 Å². The summed E-state index contributed by atoms with van der Waals surface area (Å²) < 4.78 is 0.780. The average molecular weight is 363 g/mol. The van der Waals surface area contributed by atoms with Gasteiger partial charge in [0.2, 0.25) is 0 Å². The minimum atomic E-state index is -0.902. The van der Waals surface area contributed by atoms with Crippen molar-refractivity contribution in [2.24, 2.45) is 11.8 Å². The average Bonchev–Trinajstić information content (AvgIpc) is 2.33. The number of aliphatic carboxylic acids is 1. The van der Waals surface area contributed by atoms with Crippen LogP contribution in [0.25, 0.3) is 0 Å². The van der Waals surface area contributed by atoms with Crippen LogP contribution in [0.5, 0.6) is 0 Å². The molecular weight excluding hydrogens is 346 g/mol. The number of rotatable bonds is 6. The molecule has 0 bridgehead atoms. The van der Waals surface area contributed by atoms with E-state index in [0.717, 1.165) is 4.47 Å². The second-order valence-corrected chi connectivity index (χ2v) is 6.32. The van der Waals surface area contributed by atoms with Crippen LogP contribution in [0.3, 0.4) is 0 Å². The first-order valence-electron chi connectivity index (χ1n) is 6.27. The molecular formula is C14H17BrClNO3. The molecule has 0 aliphatic heterocycles. The molecule has 0 heterocycles. The third-order valence-corrected chi connectivity index (χ3v) is 3.60. The number of hydrogen-bond acceptors (Lipinski definition) is 2. The van der Waals surface area contributed by atoms with Gasteiger partial charge in [-0.05, 0) is 30.5 Å². The lowest BCUT2D eigenvalue weighted by molar-refractivity contribution is -0.142. The monoisotopic (exact) mass is 361 g/mol. The molecule has 1 aromatic carbocycles. The molecule has 0 aliphatic rings. The summed E-state index contributed by atoms with van der Waals surface area (Å²) in [5.74, 6) is -1.60. The largest absolute Gasteiger partial charge is 0.481 e. The zero-order chi connectivity index (χ0) is 15.3. The Kier molecular flexibility index (Phi) is 6.49. The predicted octanol–water partition coefficient (Wildman–Crippen LogP) is 3.58. The van der Waals surface area contributed by atoms with Gasteiger partial charge in [-0.1, -0.05) is 41.4 Å². The van der Waals surface area contributed by atoms with Crippen LogP contribution in [0, 0.1) is 11.8 Å². The fraction of sp³-hybridized carbons (Fsp3) is 0.429. The highest BCUT2D eigenvalue weighted by atomic mass is 79.9. The van der Waals surface area contributed by atoms with Crippen LogP contribution in [-0.4, -0.2) is 23.5 Å². The van der Waals surface area contributed by atoms with E-state index in [1.165, 1.54) is 0 Å². The van der Waals surface area contributed by atoms with E-state index in [4.69, 9.17) is 16.7 Å². The standard InChI is InChI=1S/C14H17BrClNO3/c1-8(2)5-9(14(19)20)7-17-13(18)11-4-3-10(15)6-12(11)16/h3-4,6,8-9H,5,7H2,1-2H3,(H,17,18)(H,19,20). The smallest absolute Gasteiger partial charge is 0.308 e. The highest BCUT2D eigenvalue weighted by Gasteiger charge is 2.20. The van der Waals surface area contributed by atoms with Gasteiger partial charge in [0.1, 0.15) is 0 Å². The minimum Gasteiger partial charge on any atom is -0.481 e. The van der Waals surface area contributed by atoms with Crippen molar-refractivity contribution in [3.63, 3.8) is 0 Å². The Morgan fingerprint density at radius 2 is 2.05 bits per heavy atom.